The maximum atomic E-state index is 5.75. The van der Waals surface area contributed by atoms with Crippen LogP contribution < -0.4 is 0 Å². The summed E-state index contributed by atoms with van der Waals surface area (Å²) in [5, 5.41) is 0. The van der Waals surface area contributed by atoms with Crippen LogP contribution >= 0.6 is 0 Å². The molecule has 0 aliphatic carbocycles. The number of hydrogen-bond acceptors (Lipinski definition) is 1. The monoisotopic (exact) mass is 186 g/mol. The summed E-state index contributed by atoms with van der Waals surface area (Å²) in [5.41, 5.74) is 0.282. The van der Waals surface area contributed by atoms with Gasteiger partial charge in [0.05, 0.1) is 6.10 Å². The molecule has 0 aromatic carbocycles. The smallest absolute Gasteiger partial charge is 0.0595 e. The molecule has 0 N–H and O–H groups in total. The molecule has 0 aromatic rings. The summed E-state index contributed by atoms with van der Waals surface area (Å²) in [7, 11) is 0. The van der Waals surface area contributed by atoms with Crippen molar-refractivity contribution in [2.24, 2.45) is 5.41 Å². The lowest BCUT2D eigenvalue weighted by Crippen LogP contribution is -2.26. The molecule has 0 fully saturated rings. The molecule has 0 aliphatic rings. The van der Waals surface area contributed by atoms with E-state index in [9.17, 15) is 0 Å². The summed E-state index contributed by atoms with van der Waals surface area (Å²) < 4.78 is 5.75. The Kier molecular flexibility index (Phi) is 6.40. The molecular formula is C12H26O. The summed E-state index contributed by atoms with van der Waals surface area (Å²) >= 11 is 0. The van der Waals surface area contributed by atoms with E-state index in [1.165, 1.54) is 25.7 Å². The van der Waals surface area contributed by atoms with Crippen LogP contribution in [0.15, 0.2) is 0 Å². The molecule has 0 rings (SSSR count). The normalized spacial score (nSPS) is 14.5. The molecule has 80 valence electrons. The van der Waals surface area contributed by atoms with Gasteiger partial charge < -0.3 is 4.74 Å². The fourth-order valence-corrected chi connectivity index (χ4v) is 1.04. The topological polar surface area (TPSA) is 9.23 Å². The predicted molar refractivity (Wildman–Crippen MR) is 59.0 cm³/mol. The van der Waals surface area contributed by atoms with Gasteiger partial charge in [-0.15, -0.1) is 0 Å². The highest BCUT2D eigenvalue weighted by Crippen LogP contribution is 2.21. The minimum atomic E-state index is 0.282. The molecule has 0 heterocycles. The summed E-state index contributed by atoms with van der Waals surface area (Å²) in [5.74, 6) is 0. The molecule has 0 aliphatic heterocycles. The van der Waals surface area contributed by atoms with Gasteiger partial charge in [-0.2, -0.15) is 0 Å². The lowest BCUT2D eigenvalue weighted by Gasteiger charge is -2.27. The number of hydrogen-bond donors (Lipinski definition) is 0. The van der Waals surface area contributed by atoms with Crippen LogP contribution in [-0.2, 0) is 4.74 Å². The Balaban J connectivity index is 3.32. The van der Waals surface area contributed by atoms with Crippen molar-refractivity contribution in [1.82, 2.24) is 0 Å². The second-order valence-corrected chi connectivity index (χ2v) is 4.94. The molecule has 1 atom stereocenters. The zero-order chi connectivity index (χ0) is 10.3. The van der Waals surface area contributed by atoms with E-state index in [4.69, 9.17) is 4.74 Å². The van der Waals surface area contributed by atoms with Crippen LogP contribution in [0.2, 0.25) is 0 Å². The first-order valence-corrected chi connectivity index (χ1v) is 5.60. The van der Waals surface area contributed by atoms with E-state index in [1.807, 2.05) is 0 Å². The van der Waals surface area contributed by atoms with Gasteiger partial charge in [0.2, 0.25) is 0 Å². The standard InChI is InChI=1S/C12H26O/c1-6-7-8-9-10-13-11(2)12(3,4)5/h11H,6-10H2,1-5H3. The Labute approximate surface area is 83.9 Å². The quantitative estimate of drug-likeness (QED) is 0.569. The van der Waals surface area contributed by atoms with Crippen molar-refractivity contribution < 1.29 is 4.74 Å². The fraction of sp³-hybridized carbons (Fsp3) is 1.00. The minimum Gasteiger partial charge on any atom is -0.378 e. The van der Waals surface area contributed by atoms with Crippen LogP contribution in [0.5, 0.6) is 0 Å². The number of unbranched alkanes of at least 4 members (excludes halogenated alkanes) is 3. The summed E-state index contributed by atoms with van der Waals surface area (Å²) in [6.45, 7) is 12.0. The van der Waals surface area contributed by atoms with Crippen LogP contribution in [0.25, 0.3) is 0 Å². The number of rotatable bonds is 6. The molecule has 0 aromatic heterocycles. The minimum absolute atomic E-state index is 0.282. The third-order valence-corrected chi connectivity index (χ3v) is 2.59. The second kappa shape index (κ2) is 6.42. The Morgan fingerprint density at radius 1 is 1.08 bits per heavy atom. The second-order valence-electron chi connectivity index (χ2n) is 4.94. The zero-order valence-corrected chi connectivity index (χ0v) is 10.0. The molecule has 1 nitrogen and oxygen atoms in total. The molecule has 0 radical (unpaired) electrons. The molecule has 0 amide bonds. The Morgan fingerprint density at radius 2 is 1.69 bits per heavy atom. The van der Waals surface area contributed by atoms with E-state index in [0.29, 0.717) is 6.10 Å². The van der Waals surface area contributed by atoms with E-state index in [-0.39, 0.29) is 5.41 Å². The molecule has 0 bridgehead atoms. The van der Waals surface area contributed by atoms with Gasteiger partial charge in [0.25, 0.3) is 0 Å². The van der Waals surface area contributed by atoms with Gasteiger partial charge in [-0.05, 0) is 18.8 Å². The van der Waals surface area contributed by atoms with Gasteiger partial charge in [-0.1, -0.05) is 47.0 Å². The Bertz CT molecular complexity index is 113. The SMILES string of the molecule is CCCCCCOC(C)C(C)(C)C. The van der Waals surface area contributed by atoms with Crippen molar-refractivity contribution in [3.8, 4) is 0 Å². The first-order chi connectivity index (χ1) is 5.98. The van der Waals surface area contributed by atoms with Gasteiger partial charge >= 0.3 is 0 Å². The molecule has 1 heteroatoms. The van der Waals surface area contributed by atoms with Crippen LogP contribution in [0.4, 0.5) is 0 Å². The third-order valence-electron chi connectivity index (χ3n) is 2.59. The zero-order valence-electron chi connectivity index (χ0n) is 10.0. The van der Waals surface area contributed by atoms with Crippen molar-refractivity contribution in [1.29, 1.82) is 0 Å². The van der Waals surface area contributed by atoms with Crippen molar-refractivity contribution >= 4 is 0 Å². The maximum Gasteiger partial charge on any atom is 0.0595 e. The maximum absolute atomic E-state index is 5.75. The largest absolute Gasteiger partial charge is 0.378 e. The molecule has 13 heavy (non-hydrogen) atoms. The summed E-state index contributed by atoms with van der Waals surface area (Å²) in [6.07, 6.45) is 5.54. The van der Waals surface area contributed by atoms with Gasteiger partial charge in [0.15, 0.2) is 0 Å². The van der Waals surface area contributed by atoms with Gasteiger partial charge in [-0.3, -0.25) is 0 Å². The van der Waals surface area contributed by atoms with E-state index in [1.54, 1.807) is 0 Å². The number of ether oxygens (including phenoxy) is 1. The van der Waals surface area contributed by atoms with E-state index < -0.39 is 0 Å². The van der Waals surface area contributed by atoms with E-state index >= 15 is 0 Å². The Morgan fingerprint density at radius 3 is 2.15 bits per heavy atom. The molecule has 0 saturated heterocycles. The lowest BCUT2D eigenvalue weighted by atomic mass is 9.90. The fourth-order valence-electron chi connectivity index (χ4n) is 1.04. The summed E-state index contributed by atoms with van der Waals surface area (Å²) in [4.78, 5) is 0. The van der Waals surface area contributed by atoms with Crippen molar-refractivity contribution in [2.75, 3.05) is 6.61 Å². The van der Waals surface area contributed by atoms with Crippen molar-refractivity contribution in [2.45, 2.75) is 66.4 Å². The van der Waals surface area contributed by atoms with Crippen LogP contribution in [-0.4, -0.2) is 12.7 Å². The predicted octanol–water partition coefficient (Wildman–Crippen LogP) is 4.02. The average molecular weight is 186 g/mol. The van der Waals surface area contributed by atoms with Crippen LogP contribution in [0.1, 0.15) is 60.3 Å². The van der Waals surface area contributed by atoms with E-state index in [2.05, 4.69) is 34.6 Å². The van der Waals surface area contributed by atoms with Crippen molar-refractivity contribution in [3.05, 3.63) is 0 Å². The van der Waals surface area contributed by atoms with Gasteiger partial charge in [0, 0.05) is 6.61 Å². The van der Waals surface area contributed by atoms with Crippen LogP contribution in [0.3, 0.4) is 0 Å². The Hall–Kier alpha value is -0.0400. The molecular weight excluding hydrogens is 160 g/mol. The molecule has 0 spiro atoms. The third kappa shape index (κ3) is 7.06. The van der Waals surface area contributed by atoms with Gasteiger partial charge in [0.1, 0.15) is 0 Å². The highest BCUT2D eigenvalue weighted by atomic mass is 16.5. The first-order valence-electron chi connectivity index (χ1n) is 5.60. The molecule has 0 saturated carbocycles. The highest BCUT2D eigenvalue weighted by molar-refractivity contribution is 4.69. The van der Waals surface area contributed by atoms with Gasteiger partial charge in [-0.25, -0.2) is 0 Å². The van der Waals surface area contributed by atoms with E-state index in [0.717, 1.165) is 6.61 Å². The van der Waals surface area contributed by atoms with Crippen LogP contribution in [0, 0.1) is 5.41 Å². The summed E-state index contributed by atoms with van der Waals surface area (Å²) in [6, 6.07) is 0. The molecule has 1 unspecified atom stereocenters. The average Bonchev–Trinajstić information content (AvgIpc) is 2.02. The van der Waals surface area contributed by atoms with Crippen molar-refractivity contribution in [3.63, 3.8) is 0 Å². The lowest BCUT2D eigenvalue weighted by molar-refractivity contribution is -0.00640. The first kappa shape index (κ1) is 13.0. The highest BCUT2D eigenvalue weighted by Gasteiger charge is 2.19.